The second-order valence-corrected chi connectivity index (χ2v) is 5.11. The summed E-state index contributed by atoms with van der Waals surface area (Å²) in [4.78, 5) is 12.9. The fourth-order valence-corrected chi connectivity index (χ4v) is 1.94. The number of carbonyl (C=O) groups is 1. The van der Waals surface area contributed by atoms with Crippen molar-refractivity contribution in [2.45, 2.75) is 6.92 Å². The molecule has 18 heavy (non-hydrogen) atoms. The molecule has 1 aromatic heterocycles. The van der Waals surface area contributed by atoms with E-state index in [1.165, 1.54) is 12.4 Å². The standard InChI is InChI=1S/C10H15N3O4S/c1-4-17-10(14)11-18(15,16)13-7-5-9(6-8-13)12(2)3/h5-8H,4H2,1-3H3/p+1. The molecule has 0 saturated heterocycles. The number of carbonyl (C=O) groups excluding carboxylic acids is 1. The summed E-state index contributed by atoms with van der Waals surface area (Å²) in [6, 6.07) is 3.27. The Morgan fingerprint density at radius 3 is 2.50 bits per heavy atom. The van der Waals surface area contributed by atoms with Gasteiger partial charge in [-0.15, -0.1) is 0 Å². The van der Waals surface area contributed by atoms with Gasteiger partial charge in [0, 0.05) is 31.9 Å². The quantitative estimate of drug-likeness (QED) is 0.828. The van der Waals surface area contributed by atoms with Crippen molar-refractivity contribution in [3.05, 3.63) is 24.5 Å². The molecule has 7 nitrogen and oxygen atoms in total. The van der Waals surface area contributed by atoms with Crippen molar-refractivity contribution in [3.63, 3.8) is 0 Å². The van der Waals surface area contributed by atoms with Gasteiger partial charge in [-0.2, -0.15) is 4.21 Å². The summed E-state index contributed by atoms with van der Waals surface area (Å²) in [7, 11) is -0.133. The lowest BCUT2D eigenvalue weighted by atomic mass is 10.4. The molecule has 1 N–H and O–H groups in total. The van der Waals surface area contributed by atoms with E-state index >= 15 is 0 Å². The molecular formula is C10H16N3O4S+. The van der Waals surface area contributed by atoms with Crippen molar-refractivity contribution >= 4 is 22.0 Å². The van der Waals surface area contributed by atoms with Crippen LogP contribution in [-0.4, -0.2) is 35.6 Å². The predicted octanol–water partition coefficient (Wildman–Crippen LogP) is 0.901. The molecule has 0 aliphatic rings. The fourth-order valence-electron chi connectivity index (χ4n) is 1.16. The third-order valence-corrected chi connectivity index (χ3v) is 3.22. The van der Waals surface area contributed by atoms with Crippen molar-refractivity contribution in [1.29, 1.82) is 0 Å². The van der Waals surface area contributed by atoms with E-state index in [-0.39, 0.29) is 6.61 Å². The molecular weight excluding hydrogens is 258 g/mol. The molecule has 8 heteroatoms. The highest BCUT2D eigenvalue weighted by atomic mass is 32.2. The first-order chi connectivity index (χ1) is 8.36. The van der Waals surface area contributed by atoms with Gasteiger partial charge in [0.05, 0.1) is 6.61 Å². The molecule has 1 rings (SSSR count). The first-order valence-corrected chi connectivity index (χ1v) is 6.65. The maximum absolute atomic E-state index is 11.8. The van der Waals surface area contributed by atoms with Gasteiger partial charge in [0.2, 0.25) is 0 Å². The van der Waals surface area contributed by atoms with Crippen LogP contribution in [0.3, 0.4) is 0 Å². The zero-order chi connectivity index (χ0) is 13.8. The van der Waals surface area contributed by atoms with E-state index in [0.717, 1.165) is 9.66 Å². The topological polar surface area (TPSA) is 83.1 Å². The molecule has 1 atom stereocenters. The average molecular weight is 274 g/mol. The van der Waals surface area contributed by atoms with E-state index in [0.29, 0.717) is 0 Å². The summed E-state index contributed by atoms with van der Waals surface area (Å²) in [5, 5.41) is 0. The van der Waals surface area contributed by atoms with E-state index in [1.807, 2.05) is 19.0 Å². The summed E-state index contributed by atoms with van der Waals surface area (Å²) >= 11 is 0. The summed E-state index contributed by atoms with van der Waals surface area (Å²) in [6.45, 7) is 1.69. The van der Waals surface area contributed by atoms with Crippen LogP contribution in [0.1, 0.15) is 6.92 Å². The Morgan fingerprint density at radius 1 is 1.50 bits per heavy atom. The second-order valence-electron chi connectivity index (χ2n) is 3.57. The SMILES string of the molecule is CCOC(=O)N=S(=O)(O)[n+]1ccc(N(C)C)cc1. The van der Waals surface area contributed by atoms with Crippen LogP contribution in [-0.2, 0) is 14.9 Å². The van der Waals surface area contributed by atoms with Crippen LogP contribution < -0.4 is 8.87 Å². The molecule has 1 amide bonds. The Bertz CT molecular complexity index is 533. The Balaban J connectivity index is 3.05. The lowest BCUT2D eigenvalue weighted by Gasteiger charge is -2.10. The molecule has 0 radical (unpaired) electrons. The summed E-state index contributed by atoms with van der Waals surface area (Å²) in [5.41, 5.74) is 0.859. The number of anilines is 1. The number of nitrogens with zero attached hydrogens (tertiary/aromatic N) is 3. The van der Waals surface area contributed by atoms with Gasteiger partial charge in [0.25, 0.3) is 0 Å². The van der Waals surface area contributed by atoms with E-state index in [2.05, 4.69) is 9.10 Å². The minimum Gasteiger partial charge on any atom is -0.448 e. The molecule has 0 saturated carbocycles. The lowest BCUT2D eigenvalue weighted by Crippen LogP contribution is -2.41. The number of aromatic nitrogens is 1. The smallest absolute Gasteiger partial charge is 0.448 e. The number of ether oxygens (including phenoxy) is 1. The summed E-state index contributed by atoms with van der Waals surface area (Å²) < 4.78 is 30.0. The Morgan fingerprint density at radius 2 is 2.06 bits per heavy atom. The molecule has 100 valence electrons. The van der Waals surface area contributed by atoms with Crippen LogP contribution >= 0.6 is 0 Å². The van der Waals surface area contributed by atoms with Gasteiger partial charge in [-0.1, -0.05) is 3.97 Å². The molecule has 0 aliphatic carbocycles. The number of rotatable bonds is 3. The molecule has 0 spiro atoms. The van der Waals surface area contributed by atoms with Gasteiger partial charge < -0.3 is 9.64 Å². The third kappa shape index (κ3) is 3.67. The number of hydrogen-bond donors (Lipinski definition) is 1. The highest BCUT2D eigenvalue weighted by Crippen LogP contribution is 2.06. The first kappa shape index (κ1) is 14.4. The van der Waals surface area contributed by atoms with Crippen LogP contribution in [0, 0.1) is 0 Å². The van der Waals surface area contributed by atoms with Crippen LogP contribution in [0.5, 0.6) is 0 Å². The maximum atomic E-state index is 11.8. The fraction of sp³-hybridized carbons (Fsp3) is 0.400. The average Bonchev–Trinajstić information content (AvgIpc) is 2.28. The normalized spacial score (nSPS) is 13.6. The lowest BCUT2D eigenvalue weighted by molar-refractivity contribution is -0.514. The van der Waals surface area contributed by atoms with Crippen molar-refractivity contribution in [3.8, 4) is 0 Å². The molecule has 0 aromatic carbocycles. The minimum atomic E-state index is -3.83. The van der Waals surface area contributed by atoms with Crippen molar-refractivity contribution in [1.82, 2.24) is 0 Å². The van der Waals surface area contributed by atoms with Crippen LogP contribution in [0.4, 0.5) is 10.5 Å². The number of hydrogen-bond acceptors (Lipinski definition) is 4. The molecule has 0 aliphatic heterocycles. The van der Waals surface area contributed by atoms with Gasteiger partial charge in [-0.05, 0) is 11.3 Å². The Hall–Kier alpha value is -1.67. The molecule has 1 heterocycles. The van der Waals surface area contributed by atoms with Gasteiger partial charge in [-0.25, -0.2) is 9.35 Å². The van der Waals surface area contributed by atoms with E-state index in [9.17, 15) is 13.6 Å². The number of amides is 1. The van der Waals surface area contributed by atoms with E-state index in [1.54, 1.807) is 19.1 Å². The van der Waals surface area contributed by atoms with Crippen LogP contribution in [0.25, 0.3) is 0 Å². The maximum Gasteiger partial charge on any atom is 0.448 e. The zero-order valence-corrected chi connectivity index (χ0v) is 11.3. The highest BCUT2D eigenvalue weighted by molar-refractivity contribution is 7.81. The van der Waals surface area contributed by atoms with Crippen molar-refractivity contribution in [2.24, 2.45) is 4.36 Å². The van der Waals surface area contributed by atoms with Gasteiger partial charge >= 0.3 is 16.3 Å². The van der Waals surface area contributed by atoms with Crippen molar-refractivity contribution < 1.29 is 22.3 Å². The monoisotopic (exact) mass is 274 g/mol. The first-order valence-electron chi connectivity index (χ1n) is 5.22. The molecule has 0 bridgehead atoms. The van der Waals surface area contributed by atoms with Crippen molar-refractivity contribution in [2.75, 3.05) is 25.6 Å². The largest absolute Gasteiger partial charge is 0.448 e. The summed E-state index contributed by atoms with van der Waals surface area (Å²) in [5.74, 6) is 0. The second kappa shape index (κ2) is 5.78. The van der Waals surface area contributed by atoms with E-state index in [4.69, 9.17) is 0 Å². The highest BCUT2D eigenvalue weighted by Gasteiger charge is 2.19. The number of pyridine rings is 1. The summed E-state index contributed by atoms with van der Waals surface area (Å²) in [6.07, 6.45) is 1.69. The van der Waals surface area contributed by atoms with Crippen LogP contribution in [0.2, 0.25) is 0 Å². The Kier molecular flexibility index (Phi) is 4.62. The third-order valence-electron chi connectivity index (χ3n) is 2.04. The predicted molar refractivity (Wildman–Crippen MR) is 66.6 cm³/mol. The molecule has 1 aromatic rings. The molecule has 0 fully saturated rings. The van der Waals surface area contributed by atoms with Gasteiger partial charge in [0.1, 0.15) is 0 Å². The van der Waals surface area contributed by atoms with Gasteiger partial charge in [-0.3, -0.25) is 0 Å². The Labute approximate surface area is 106 Å². The van der Waals surface area contributed by atoms with Crippen LogP contribution in [0.15, 0.2) is 28.9 Å². The zero-order valence-electron chi connectivity index (χ0n) is 10.4. The van der Waals surface area contributed by atoms with E-state index < -0.39 is 16.3 Å². The molecule has 1 unspecified atom stereocenters. The minimum absolute atomic E-state index is 0.0993. The van der Waals surface area contributed by atoms with Gasteiger partial charge in [0.15, 0.2) is 12.4 Å².